The van der Waals surface area contributed by atoms with Crippen molar-refractivity contribution in [1.29, 1.82) is 0 Å². The van der Waals surface area contributed by atoms with Gasteiger partial charge in [0.25, 0.3) is 0 Å². The highest BCUT2D eigenvalue weighted by atomic mass is 35.5. The molecule has 0 bridgehead atoms. The Balaban J connectivity index is 3.38. The Bertz CT molecular complexity index is 558. The average molecular weight is 323 g/mol. The monoisotopic (exact) mass is 322 g/mol. The fourth-order valence-electron chi connectivity index (χ4n) is 1.82. The van der Waals surface area contributed by atoms with E-state index in [9.17, 15) is 22.8 Å². The van der Waals surface area contributed by atoms with Crippen LogP contribution in [0.15, 0.2) is 0 Å². The topological polar surface area (TPSA) is 43.4 Å². The van der Waals surface area contributed by atoms with Crippen LogP contribution in [0, 0.1) is 30.3 Å². The van der Waals surface area contributed by atoms with E-state index in [1.807, 2.05) is 0 Å². The second kappa shape index (κ2) is 7.04. The molecule has 0 radical (unpaired) electrons. The van der Waals surface area contributed by atoms with Gasteiger partial charge in [-0.3, -0.25) is 9.59 Å². The SMILES string of the molecule is CCOCC(C(C)=O)C(=O)c1c(C)c(Cl)c(F)c(F)c1F. The van der Waals surface area contributed by atoms with Crippen LogP contribution in [0.25, 0.3) is 0 Å². The van der Waals surface area contributed by atoms with Gasteiger partial charge in [0, 0.05) is 6.61 Å². The Kier molecular flexibility index (Phi) is 5.92. The molecule has 0 amide bonds. The third-order valence-corrected chi connectivity index (χ3v) is 3.49. The number of benzene rings is 1. The van der Waals surface area contributed by atoms with Crippen LogP contribution >= 0.6 is 11.6 Å². The maximum atomic E-state index is 13.9. The molecule has 0 fully saturated rings. The molecule has 116 valence electrons. The van der Waals surface area contributed by atoms with E-state index in [2.05, 4.69) is 0 Å². The van der Waals surface area contributed by atoms with Crippen LogP contribution in [0.5, 0.6) is 0 Å². The van der Waals surface area contributed by atoms with Gasteiger partial charge in [0.1, 0.15) is 11.7 Å². The quantitative estimate of drug-likeness (QED) is 0.348. The summed E-state index contributed by atoms with van der Waals surface area (Å²) in [5.74, 6) is -7.89. The van der Waals surface area contributed by atoms with Gasteiger partial charge < -0.3 is 4.74 Å². The van der Waals surface area contributed by atoms with Gasteiger partial charge >= 0.3 is 0 Å². The molecule has 0 spiro atoms. The van der Waals surface area contributed by atoms with E-state index in [-0.39, 0.29) is 18.8 Å². The van der Waals surface area contributed by atoms with Gasteiger partial charge in [0.15, 0.2) is 23.2 Å². The standard InChI is InChI=1S/C14H14ClF3O3/c1-4-21-5-8(7(3)19)14(20)9-6(2)10(15)12(17)13(18)11(9)16/h8H,4-5H2,1-3H3. The van der Waals surface area contributed by atoms with Gasteiger partial charge in [-0.25, -0.2) is 13.2 Å². The molecular weight excluding hydrogens is 309 g/mol. The molecule has 0 saturated carbocycles. The number of ketones is 2. The van der Waals surface area contributed by atoms with Crippen molar-refractivity contribution in [2.75, 3.05) is 13.2 Å². The zero-order valence-electron chi connectivity index (χ0n) is 11.7. The van der Waals surface area contributed by atoms with Crippen LogP contribution in [0.3, 0.4) is 0 Å². The van der Waals surface area contributed by atoms with Crippen molar-refractivity contribution in [2.45, 2.75) is 20.8 Å². The summed E-state index contributed by atoms with van der Waals surface area (Å²) in [6, 6.07) is 0. The minimum atomic E-state index is -1.84. The first-order valence-corrected chi connectivity index (χ1v) is 6.56. The predicted molar refractivity (Wildman–Crippen MR) is 71.1 cm³/mol. The highest BCUT2D eigenvalue weighted by Crippen LogP contribution is 2.30. The number of rotatable bonds is 6. The lowest BCUT2D eigenvalue weighted by molar-refractivity contribution is -0.120. The van der Waals surface area contributed by atoms with Gasteiger partial charge in [-0.15, -0.1) is 0 Å². The molecule has 0 saturated heterocycles. The van der Waals surface area contributed by atoms with Gasteiger partial charge in [-0.2, -0.15) is 0 Å². The van der Waals surface area contributed by atoms with Crippen LogP contribution in [0.2, 0.25) is 5.02 Å². The minimum absolute atomic E-state index is 0.247. The minimum Gasteiger partial charge on any atom is -0.381 e. The zero-order valence-corrected chi connectivity index (χ0v) is 12.5. The van der Waals surface area contributed by atoms with Crippen LogP contribution in [0.4, 0.5) is 13.2 Å². The Labute approximate surface area is 125 Å². The third-order valence-electron chi connectivity index (χ3n) is 3.04. The molecule has 0 aliphatic carbocycles. The smallest absolute Gasteiger partial charge is 0.196 e. The molecule has 3 nitrogen and oxygen atoms in total. The largest absolute Gasteiger partial charge is 0.381 e. The maximum Gasteiger partial charge on any atom is 0.196 e. The summed E-state index contributed by atoms with van der Waals surface area (Å²) < 4.78 is 45.6. The number of carbonyl (C=O) groups excluding carboxylic acids is 2. The summed E-state index contributed by atoms with van der Waals surface area (Å²) in [6.45, 7) is 3.95. The van der Waals surface area contributed by atoms with E-state index in [4.69, 9.17) is 16.3 Å². The molecule has 1 unspecified atom stereocenters. The maximum absolute atomic E-state index is 13.9. The first kappa shape index (κ1) is 17.7. The molecule has 1 aromatic rings. The van der Waals surface area contributed by atoms with Gasteiger partial charge in [0.05, 0.1) is 17.2 Å². The van der Waals surface area contributed by atoms with Gasteiger partial charge in [-0.05, 0) is 26.3 Å². The molecule has 0 heterocycles. The zero-order chi connectivity index (χ0) is 16.3. The molecule has 0 aliphatic rings. The molecule has 0 aliphatic heterocycles. The molecule has 0 aromatic heterocycles. The number of ether oxygens (including phenoxy) is 1. The second-order valence-corrected chi connectivity index (χ2v) is 4.82. The molecule has 1 rings (SSSR count). The van der Waals surface area contributed by atoms with Crippen LogP contribution in [-0.4, -0.2) is 24.8 Å². The summed E-state index contributed by atoms with van der Waals surface area (Å²) in [5, 5.41) is -0.684. The summed E-state index contributed by atoms with van der Waals surface area (Å²) in [6.07, 6.45) is 0. The average Bonchev–Trinajstić information content (AvgIpc) is 2.43. The summed E-state index contributed by atoms with van der Waals surface area (Å²) in [7, 11) is 0. The second-order valence-electron chi connectivity index (χ2n) is 4.44. The van der Waals surface area contributed by atoms with Crippen molar-refractivity contribution in [3.05, 3.63) is 33.6 Å². The lowest BCUT2D eigenvalue weighted by atomic mass is 9.91. The Morgan fingerprint density at radius 3 is 2.24 bits per heavy atom. The van der Waals surface area contributed by atoms with Crippen LogP contribution in [-0.2, 0) is 9.53 Å². The van der Waals surface area contributed by atoms with E-state index in [0.29, 0.717) is 0 Å². The van der Waals surface area contributed by atoms with Crippen LogP contribution < -0.4 is 0 Å². The molecule has 1 aromatic carbocycles. The van der Waals surface area contributed by atoms with Crippen molar-refractivity contribution < 1.29 is 27.5 Å². The Morgan fingerprint density at radius 1 is 1.19 bits per heavy atom. The van der Waals surface area contributed by atoms with Crippen molar-refractivity contribution in [3.8, 4) is 0 Å². The highest BCUT2D eigenvalue weighted by molar-refractivity contribution is 6.32. The third kappa shape index (κ3) is 3.44. The molecular formula is C14H14ClF3O3. The van der Waals surface area contributed by atoms with E-state index >= 15 is 0 Å². The van der Waals surface area contributed by atoms with Crippen LogP contribution in [0.1, 0.15) is 29.8 Å². The van der Waals surface area contributed by atoms with E-state index in [1.165, 1.54) is 6.92 Å². The Morgan fingerprint density at radius 2 is 1.76 bits per heavy atom. The number of Topliss-reactive ketones (excluding diaryl/α,β-unsaturated/α-hetero) is 2. The van der Waals surface area contributed by atoms with E-state index in [1.54, 1.807) is 6.92 Å². The van der Waals surface area contributed by atoms with Crippen molar-refractivity contribution in [2.24, 2.45) is 5.92 Å². The van der Waals surface area contributed by atoms with E-state index in [0.717, 1.165) is 6.92 Å². The van der Waals surface area contributed by atoms with Crippen molar-refractivity contribution in [1.82, 2.24) is 0 Å². The summed E-state index contributed by atoms with van der Waals surface area (Å²) in [4.78, 5) is 23.8. The van der Waals surface area contributed by atoms with Crippen molar-refractivity contribution in [3.63, 3.8) is 0 Å². The normalized spacial score (nSPS) is 12.3. The highest BCUT2D eigenvalue weighted by Gasteiger charge is 2.32. The predicted octanol–water partition coefficient (Wildman–Crippen LogP) is 3.49. The molecule has 1 atom stereocenters. The first-order valence-electron chi connectivity index (χ1n) is 6.18. The number of halogens is 4. The lowest BCUT2D eigenvalue weighted by Gasteiger charge is -2.16. The number of carbonyl (C=O) groups is 2. The number of hydrogen-bond acceptors (Lipinski definition) is 3. The lowest BCUT2D eigenvalue weighted by Crippen LogP contribution is -2.29. The molecule has 7 heteroatoms. The molecule has 21 heavy (non-hydrogen) atoms. The molecule has 0 N–H and O–H groups in total. The van der Waals surface area contributed by atoms with Crippen molar-refractivity contribution >= 4 is 23.2 Å². The Hall–Kier alpha value is -1.40. The fourth-order valence-corrected chi connectivity index (χ4v) is 2.00. The summed E-state index contributed by atoms with van der Waals surface area (Å²) in [5.41, 5.74) is -0.973. The van der Waals surface area contributed by atoms with Gasteiger partial charge in [-0.1, -0.05) is 11.6 Å². The van der Waals surface area contributed by atoms with E-state index < -0.39 is 45.5 Å². The fraction of sp³-hybridized carbons (Fsp3) is 0.429. The van der Waals surface area contributed by atoms with Gasteiger partial charge in [0.2, 0.25) is 0 Å². The first-order chi connectivity index (χ1) is 9.73. The summed E-state index contributed by atoms with van der Waals surface area (Å²) >= 11 is 5.54. The number of hydrogen-bond donors (Lipinski definition) is 0.